The third-order valence-corrected chi connectivity index (χ3v) is 6.55. The summed E-state index contributed by atoms with van der Waals surface area (Å²) in [6.07, 6.45) is 1.44. The van der Waals surface area contributed by atoms with Gasteiger partial charge in [0, 0.05) is 15.1 Å². The molecule has 5 rings (SSSR count). The Labute approximate surface area is 203 Å². The molecule has 0 aliphatic carbocycles. The van der Waals surface area contributed by atoms with Crippen LogP contribution in [-0.4, -0.2) is 27.7 Å². The molecular formula is C23H14BrClN4O3S. The Bertz CT molecular complexity index is 1630. The molecule has 3 aromatic carbocycles. The van der Waals surface area contributed by atoms with Gasteiger partial charge in [0.15, 0.2) is 16.4 Å². The fourth-order valence-corrected chi connectivity index (χ4v) is 4.35. The molecule has 0 N–H and O–H groups in total. The standard InChI is InChI=1S/C23H14BrClN4O3S/c24-15-6-4-14(5-7-15)21-27-22-20(23(30)28(21)17-10-8-16(25)9-11-17)13-26-29(22)18-2-1-3-19(12-18)33(31)32/h1-13,33H. The molecule has 2 aromatic heterocycles. The van der Waals surface area contributed by atoms with Crippen molar-refractivity contribution >= 4 is 49.3 Å². The van der Waals surface area contributed by atoms with E-state index in [1.165, 1.54) is 27.6 Å². The largest absolute Gasteiger partial charge is 0.269 e. The highest BCUT2D eigenvalue weighted by Crippen LogP contribution is 2.25. The topological polar surface area (TPSA) is 86.8 Å². The first-order chi connectivity index (χ1) is 15.9. The smallest absolute Gasteiger partial charge is 0.268 e. The molecule has 0 atom stereocenters. The number of benzene rings is 3. The number of hydrogen-bond acceptors (Lipinski definition) is 5. The third kappa shape index (κ3) is 3.99. The minimum atomic E-state index is -2.76. The van der Waals surface area contributed by atoms with Crippen molar-refractivity contribution in [2.45, 2.75) is 4.90 Å². The SMILES string of the molecule is O=c1c2cnn(-c3cccc([SH](=O)=O)c3)c2nc(-c2ccc(Br)cc2)n1-c1ccc(Cl)cc1. The van der Waals surface area contributed by atoms with Gasteiger partial charge in [-0.05, 0) is 54.6 Å². The molecule has 2 heterocycles. The first-order valence-corrected chi connectivity index (χ1v) is 12.0. The Hall–Kier alpha value is -3.27. The Morgan fingerprint density at radius 2 is 1.64 bits per heavy atom. The van der Waals surface area contributed by atoms with Crippen molar-refractivity contribution in [1.29, 1.82) is 0 Å². The highest BCUT2D eigenvalue weighted by Gasteiger charge is 2.19. The van der Waals surface area contributed by atoms with Gasteiger partial charge in [-0.2, -0.15) is 5.10 Å². The maximum atomic E-state index is 13.6. The normalized spacial score (nSPS) is 11.4. The van der Waals surface area contributed by atoms with Crippen molar-refractivity contribution < 1.29 is 8.42 Å². The van der Waals surface area contributed by atoms with Crippen LogP contribution in [0.1, 0.15) is 0 Å². The van der Waals surface area contributed by atoms with Gasteiger partial charge in [-0.25, -0.2) is 18.1 Å². The van der Waals surface area contributed by atoms with Crippen LogP contribution in [-0.2, 0) is 10.7 Å². The van der Waals surface area contributed by atoms with Crippen molar-refractivity contribution in [1.82, 2.24) is 19.3 Å². The molecular weight excluding hydrogens is 528 g/mol. The van der Waals surface area contributed by atoms with Crippen molar-refractivity contribution in [3.05, 3.63) is 98.8 Å². The van der Waals surface area contributed by atoms with E-state index in [9.17, 15) is 13.2 Å². The van der Waals surface area contributed by atoms with E-state index in [1.54, 1.807) is 36.4 Å². The van der Waals surface area contributed by atoms with E-state index in [2.05, 4.69) is 21.0 Å². The molecule has 164 valence electrons. The van der Waals surface area contributed by atoms with E-state index in [4.69, 9.17) is 16.6 Å². The number of nitrogens with zero attached hydrogens (tertiary/aromatic N) is 4. The summed E-state index contributed by atoms with van der Waals surface area (Å²) in [7, 11) is -2.76. The summed E-state index contributed by atoms with van der Waals surface area (Å²) in [6, 6.07) is 20.7. The second-order valence-corrected chi connectivity index (χ2v) is 9.51. The molecule has 33 heavy (non-hydrogen) atoms. The van der Waals surface area contributed by atoms with Crippen molar-refractivity contribution in [2.24, 2.45) is 0 Å². The van der Waals surface area contributed by atoms with Gasteiger partial charge < -0.3 is 0 Å². The molecule has 0 amide bonds. The van der Waals surface area contributed by atoms with Crippen molar-refractivity contribution in [3.8, 4) is 22.8 Å². The van der Waals surface area contributed by atoms with Crippen LogP contribution in [0.25, 0.3) is 33.8 Å². The molecule has 10 heteroatoms. The van der Waals surface area contributed by atoms with Crippen LogP contribution in [0, 0.1) is 0 Å². The second kappa shape index (κ2) is 8.58. The summed E-state index contributed by atoms with van der Waals surface area (Å²) in [5, 5.41) is 5.19. The van der Waals surface area contributed by atoms with Gasteiger partial charge in [0.25, 0.3) is 5.56 Å². The Morgan fingerprint density at radius 1 is 0.909 bits per heavy atom. The van der Waals surface area contributed by atoms with E-state index < -0.39 is 10.7 Å². The fraction of sp³-hybridized carbons (Fsp3) is 0. The van der Waals surface area contributed by atoms with Gasteiger partial charge in [0.2, 0.25) is 0 Å². The van der Waals surface area contributed by atoms with Gasteiger partial charge in [-0.1, -0.05) is 45.7 Å². The van der Waals surface area contributed by atoms with E-state index in [0.717, 1.165) is 10.0 Å². The summed E-state index contributed by atoms with van der Waals surface area (Å²) < 4.78 is 26.8. The molecule has 0 bridgehead atoms. The van der Waals surface area contributed by atoms with Crippen LogP contribution in [0.5, 0.6) is 0 Å². The average molecular weight is 542 g/mol. The third-order valence-electron chi connectivity index (χ3n) is 5.07. The van der Waals surface area contributed by atoms with Crippen LogP contribution >= 0.6 is 27.5 Å². The van der Waals surface area contributed by atoms with Gasteiger partial charge in [0.1, 0.15) is 11.2 Å². The van der Waals surface area contributed by atoms with Crippen molar-refractivity contribution in [2.75, 3.05) is 0 Å². The molecule has 7 nitrogen and oxygen atoms in total. The van der Waals surface area contributed by atoms with Crippen LogP contribution in [0.4, 0.5) is 0 Å². The van der Waals surface area contributed by atoms with Gasteiger partial charge in [0.05, 0.1) is 22.5 Å². The number of rotatable bonds is 4. The van der Waals surface area contributed by atoms with Crippen molar-refractivity contribution in [3.63, 3.8) is 0 Å². The van der Waals surface area contributed by atoms with Gasteiger partial charge in [-0.15, -0.1) is 0 Å². The summed E-state index contributed by atoms with van der Waals surface area (Å²) in [4.78, 5) is 18.6. The lowest BCUT2D eigenvalue weighted by atomic mass is 10.2. The molecule has 0 aliphatic rings. The van der Waals surface area contributed by atoms with E-state index in [0.29, 0.717) is 33.3 Å². The fourth-order valence-electron chi connectivity index (χ4n) is 3.52. The van der Waals surface area contributed by atoms with Gasteiger partial charge >= 0.3 is 0 Å². The van der Waals surface area contributed by atoms with Crippen LogP contribution < -0.4 is 5.56 Å². The zero-order valence-electron chi connectivity index (χ0n) is 16.7. The van der Waals surface area contributed by atoms with E-state index in [1.807, 2.05) is 24.3 Å². The molecule has 0 saturated carbocycles. The molecule has 0 fully saturated rings. The Morgan fingerprint density at radius 3 is 2.33 bits per heavy atom. The monoisotopic (exact) mass is 540 g/mol. The molecule has 0 unspecified atom stereocenters. The zero-order chi connectivity index (χ0) is 23.1. The summed E-state index contributed by atoms with van der Waals surface area (Å²) in [5.41, 5.74) is 1.82. The summed E-state index contributed by atoms with van der Waals surface area (Å²) in [6.45, 7) is 0. The Kier molecular flexibility index (Phi) is 5.61. The maximum Gasteiger partial charge on any atom is 0.269 e. The van der Waals surface area contributed by atoms with Crippen LogP contribution in [0.2, 0.25) is 5.02 Å². The van der Waals surface area contributed by atoms with E-state index >= 15 is 0 Å². The predicted octanol–water partition coefficient (Wildman–Crippen LogP) is 4.62. The number of halogens is 2. The maximum absolute atomic E-state index is 13.6. The van der Waals surface area contributed by atoms with Crippen LogP contribution in [0.3, 0.4) is 0 Å². The first kappa shape index (κ1) is 21.6. The summed E-state index contributed by atoms with van der Waals surface area (Å²) in [5.74, 6) is 0.412. The Balaban J connectivity index is 1.83. The van der Waals surface area contributed by atoms with E-state index in [-0.39, 0.29) is 10.5 Å². The molecule has 0 saturated heterocycles. The number of fused-ring (bicyclic) bond motifs is 1. The average Bonchev–Trinajstić information content (AvgIpc) is 3.25. The molecule has 0 spiro atoms. The van der Waals surface area contributed by atoms with Gasteiger partial charge in [-0.3, -0.25) is 9.36 Å². The number of hydrogen-bond donors (Lipinski definition) is 1. The quantitative estimate of drug-likeness (QED) is 0.336. The first-order valence-electron chi connectivity index (χ1n) is 9.70. The molecule has 0 aliphatic heterocycles. The second-order valence-electron chi connectivity index (χ2n) is 7.13. The minimum Gasteiger partial charge on any atom is -0.268 e. The molecule has 5 aromatic rings. The number of thiol groups is 1. The summed E-state index contributed by atoms with van der Waals surface area (Å²) >= 11 is 9.48. The highest BCUT2D eigenvalue weighted by atomic mass is 79.9. The lowest BCUT2D eigenvalue weighted by Crippen LogP contribution is -2.22. The highest BCUT2D eigenvalue weighted by molar-refractivity contribution is 9.10. The predicted molar refractivity (Wildman–Crippen MR) is 131 cm³/mol. The van der Waals surface area contributed by atoms with Crippen LogP contribution in [0.15, 0.2) is 93.2 Å². The molecule has 0 radical (unpaired) electrons. The lowest BCUT2D eigenvalue weighted by molar-refractivity contribution is 0.614. The number of aromatic nitrogens is 4. The minimum absolute atomic E-state index is 0.147. The lowest BCUT2D eigenvalue weighted by Gasteiger charge is -2.14. The zero-order valence-corrected chi connectivity index (χ0v) is 20.0.